The standard InChI is InChI=1S/C23H23FN4O3/c1-4-26-21(13-29)25-28(23(26)31)17-8-9-18-19(11-17)20(14(2)3)12-27(22(18)30)16-7-5-6-15(24)10-16/h5-12,23,29,31H,2,4,13H2,1,3H3. The number of aliphatic hydroxyl groups is 2. The average molecular weight is 422 g/mol. The van der Waals surface area contributed by atoms with E-state index in [2.05, 4.69) is 11.7 Å². The molecule has 1 aliphatic rings. The Balaban J connectivity index is 1.90. The molecular formula is C23H23FN4O3. The van der Waals surface area contributed by atoms with Crippen molar-refractivity contribution in [2.24, 2.45) is 5.10 Å². The van der Waals surface area contributed by atoms with Crippen molar-refractivity contribution >= 4 is 27.9 Å². The predicted octanol–water partition coefficient (Wildman–Crippen LogP) is 2.89. The zero-order valence-corrected chi connectivity index (χ0v) is 17.3. The highest BCUT2D eigenvalue weighted by Gasteiger charge is 2.32. The Kier molecular flexibility index (Phi) is 5.34. The minimum atomic E-state index is -1.06. The summed E-state index contributed by atoms with van der Waals surface area (Å²) < 4.78 is 15.1. The van der Waals surface area contributed by atoms with Gasteiger partial charge in [0.05, 0.1) is 11.4 Å². The third-order valence-corrected chi connectivity index (χ3v) is 5.35. The first-order chi connectivity index (χ1) is 14.8. The van der Waals surface area contributed by atoms with Crippen molar-refractivity contribution in [3.8, 4) is 5.69 Å². The molecule has 0 saturated carbocycles. The smallest absolute Gasteiger partial charge is 0.262 e. The van der Waals surface area contributed by atoms with Crippen molar-refractivity contribution in [2.45, 2.75) is 20.2 Å². The van der Waals surface area contributed by atoms with Crippen LogP contribution in [0.2, 0.25) is 0 Å². The van der Waals surface area contributed by atoms with Crippen LogP contribution >= 0.6 is 0 Å². The minimum Gasteiger partial charge on any atom is -0.388 e. The molecule has 0 aliphatic carbocycles. The van der Waals surface area contributed by atoms with Crippen LogP contribution in [0, 0.1) is 5.82 Å². The molecule has 1 unspecified atom stereocenters. The first-order valence-electron chi connectivity index (χ1n) is 9.89. The van der Waals surface area contributed by atoms with E-state index < -0.39 is 12.2 Å². The van der Waals surface area contributed by atoms with Gasteiger partial charge in [0.1, 0.15) is 12.4 Å². The molecule has 0 fully saturated rings. The van der Waals surface area contributed by atoms with Crippen molar-refractivity contribution in [3.63, 3.8) is 0 Å². The highest BCUT2D eigenvalue weighted by atomic mass is 19.1. The van der Waals surface area contributed by atoms with Gasteiger partial charge in [0.25, 0.3) is 5.56 Å². The van der Waals surface area contributed by atoms with E-state index in [4.69, 9.17) is 0 Å². The summed E-state index contributed by atoms with van der Waals surface area (Å²) in [4.78, 5) is 14.8. The normalized spacial score (nSPS) is 16.2. The number of anilines is 1. The fourth-order valence-electron chi connectivity index (χ4n) is 3.79. The summed E-state index contributed by atoms with van der Waals surface area (Å²) >= 11 is 0. The molecule has 4 rings (SSSR count). The van der Waals surface area contributed by atoms with E-state index in [1.165, 1.54) is 21.7 Å². The number of fused-ring (bicyclic) bond motifs is 1. The number of hydrazone groups is 1. The second-order valence-electron chi connectivity index (χ2n) is 7.36. The van der Waals surface area contributed by atoms with Gasteiger partial charge in [-0.2, -0.15) is 5.10 Å². The van der Waals surface area contributed by atoms with Gasteiger partial charge in [-0.15, -0.1) is 0 Å². The number of aliphatic hydroxyl groups excluding tert-OH is 2. The van der Waals surface area contributed by atoms with Gasteiger partial charge in [-0.3, -0.25) is 9.36 Å². The number of rotatable bonds is 5. The van der Waals surface area contributed by atoms with Crippen LogP contribution in [0.1, 0.15) is 19.4 Å². The van der Waals surface area contributed by atoms with Gasteiger partial charge in [0.15, 0.2) is 5.84 Å². The molecule has 0 bridgehead atoms. The molecule has 0 amide bonds. The molecule has 0 saturated heterocycles. The van der Waals surface area contributed by atoms with E-state index in [1.54, 1.807) is 41.4 Å². The largest absolute Gasteiger partial charge is 0.388 e. The van der Waals surface area contributed by atoms with Crippen molar-refractivity contribution in [3.05, 3.63) is 77.0 Å². The summed E-state index contributed by atoms with van der Waals surface area (Å²) in [5, 5.41) is 27.0. The number of benzene rings is 2. The van der Waals surface area contributed by atoms with E-state index in [0.717, 1.165) is 5.57 Å². The fourth-order valence-corrected chi connectivity index (χ4v) is 3.79. The van der Waals surface area contributed by atoms with Gasteiger partial charge in [-0.25, -0.2) is 9.40 Å². The maximum absolute atomic E-state index is 13.7. The number of hydrogen-bond donors (Lipinski definition) is 2. The van der Waals surface area contributed by atoms with Gasteiger partial charge in [-0.05, 0) is 61.2 Å². The summed E-state index contributed by atoms with van der Waals surface area (Å²) in [6.45, 7) is 7.88. The van der Waals surface area contributed by atoms with Gasteiger partial charge in [0, 0.05) is 23.7 Å². The van der Waals surface area contributed by atoms with E-state index in [0.29, 0.717) is 40.1 Å². The fraction of sp³-hybridized carbons (Fsp3) is 0.217. The second kappa shape index (κ2) is 7.98. The first kappa shape index (κ1) is 20.8. The summed E-state index contributed by atoms with van der Waals surface area (Å²) in [5.41, 5.74) is 2.13. The highest BCUT2D eigenvalue weighted by Crippen LogP contribution is 2.30. The van der Waals surface area contributed by atoms with Crippen molar-refractivity contribution in [2.75, 3.05) is 18.2 Å². The predicted molar refractivity (Wildman–Crippen MR) is 120 cm³/mol. The molecule has 0 radical (unpaired) electrons. The van der Waals surface area contributed by atoms with E-state index in [1.807, 2.05) is 13.8 Å². The van der Waals surface area contributed by atoms with Gasteiger partial charge >= 0.3 is 0 Å². The van der Waals surface area contributed by atoms with E-state index >= 15 is 0 Å². The first-order valence-corrected chi connectivity index (χ1v) is 9.89. The molecule has 1 aromatic heterocycles. The van der Waals surface area contributed by atoms with Gasteiger partial charge in [0.2, 0.25) is 6.35 Å². The molecule has 1 aliphatic heterocycles. The Hall–Kier alpha value is -3.49. The molecule has 2 aromatic carbocycles. The molecule has 1 atom stereocenters. The third-order valence-electron chi connectivity index (χ3n) is 5.35. The Morgan fingerprint density at radius 3 is 2.58 bits per heavy atom. The number of nitrogens with zero attached hydrogens (tertiary/aromatic N) is 4. The number of halogens is 1. The van der Waals surface area contributed by atoms with Crippen molar-refractivity contribution < 1.29 is 14.6 Å². The maximum atomic E-state index is 13.7. The quantitative estimate of drug-likeness (QED) is 0.661. The molecule has 160 valence electrons. The van der Waals surface area contributed by atoms with Crippen LogP contribution in [0.3, 0.4) is 0 Å². The molecule has 31 heavy (non-hydrogen) atoms. The number of hydrogen-bond acceptors (Lipinski definition) is 6. The maximum Gasteiger partial charge on any atom is 0.262 e. The zero-order chi connectivity index (χ0) is 22.3. The number of pyridine rings is 1. The lowest BCUT2D eigenvalue weighted by atomic mass is 10.0. The average Bonchev–Trinajstić information content (AvgIpc) is 3.08. The lowest BCUT2D eigenvalue weighted by molar-refractivity contribution is 0.0654. The minimum absolute atomic E-state index is 0.297. The van der Waals surface area contributed by atoms with E-state index in [9.17, 15) is 19.4 Å². The Morgan fingerprint density at radius 1 is 1.19 bits per heavy atom. The molecular weight excluding hydrogens is 399 g/mol. The number of allylic oxidation sites excluding steroid dienone is 1. The lowest BCUT2D eigenvalue weighted by Crippen LogP contribution is -2.42. The Morgan fingerprint density at radius 2 is 1.97 bits per heavy atom. The third kappa shape index (κ3) is 3.49. The summed E-state index contributed by atoms with van der Waals surface area (Å²) in [7, 11) is 0. The summed E-state index contributed by atoms with van der Waals surface area (Å²) in [6.07, 6.45) is 0.581. The molecule has 0 spiro atoms. The van der Waals surface area contributed by atoms with Gasteiger partial charge < -0.3 is 15.1 Å². The van der Waals surface area contributed by atoms with Crippen LogP contribution in [0.15, 0.2) is 65.1 Å². The van der Waals surface area contributed by atoms with Gasteiger partial charge in [-0.1, -0.05) is 12.6 Å². The van der Waals surface area contributed by atoms with Crippen LogP contribution in [0.4, 0.5) is 10.1 Å². The number of amidine groups is 1. The monoisotopic (exact) mass is 422 g/mol. The highest BCUT2D eigenvalue weighted by molar-refractivity contribution is 5.95. The van der Waals surface area contributed by atoms with E-state index in [-0.39, 0.29) is 12.2 Å². The second-order valence-corrected chi connectivity index (χ2v) is 7.36. The topological polar surface area (TPSA) is 81.3 Å². The molecule has 8 heteroatoms. The number of aromatic nitrogens is 1. The van der Waals surface area contributed by atoms with Crippen LogP contribution < -0.4 is 10.6 Å². The molecule has 7 nitrogen and oxygen atoms in total. The zero-order valence-electron chi connectivity index (χ0n) is 17.3. The van der Waals surface area contributed by atoms with Crippen LogP contribution in [-0.4, -0.2) is 45.0 Å². The van der Waals surface area contributed by atoms with Crippen molar-refractivity contribution in [1.29, 1.82) is 0 Å². The molecule has 2 heterocycles. The van der Waals surface area contributed by atoms with Crippen LogP contribution in [0.25, 0.3) is 22.0 Å². The van der Waals surface area contributed by atoms with Crippen LogP contribution in [-0.2, 0) is 0 Å². The van der Waals surface area contributed by atoms with Crippen molar-refractivity contribution in [1.82, 2.24) is 9.47 Å². The Bertz CT molecular complexity index is 1270. The Labute approximate surface area is 178 Å². The summed E-state index contributed by atoms with van der Waals surface area (Å²) in [5.74, 6) is -0.0745. The molecule has 3 aromatic rings. The molecule has 2 N–H and O–H groups in total. The SMILES string of the molecule is C=C(C)c1cn(-c2cccc(F)c2)c(=O)c2ccc(N3N=C(CO)N(CC)C3O)cc12. The summed E-state index contributed by atoms with van der Waals surface area (Å²) in [6, 6.07) is 10.9. The number of likely N-dealkylation sites (N-methyl/N-ethyl adjacent to an activating group) is 1. The van der Waals surface area contributed by atoms with Crippen LogP contribution in [0.5, 0.6) is 0 Å². The lowest BCUT2D eigenvalue weighted by Gasteiger charge is -2.26.